The molecular weight excluding hydrogens is 166 g/mol. The lowest BCUT2D eigenvalue weighted by Crippen LogP contribution is -2.42. The van der Waals surface area contributed by atoms with Gasteiger partial charge in [-0.25, -0.2) is 0 Å². The minimum absolute atomic E-state index is 0.133. The van der Waals surface area contributed by atoms with Crippen LogP contribution in [0.4, 0.5) is 0 Å². The van der Waals surface area contributed by atoms with Crippen molar-refractivity contribution >= 4 is 5.91 Å². The van der Waals surface area contributed by atoms with Crippen LogP contribution in [0.3, 0.4) is 0 Å². The monoisotopic (exact) mass is 182 g/mol. The molecule has 0 aromatic heterocycles. The summed E-state index contributed by atoms with van der Waals surface area (Å²) in [6.45, 7) is 2.49. The van der Waals surface area contributed by atoms with Gasteiger partial charge in [0.1, 0.15) is 6.10 Å². The highest BCUT2D eigenvalue weighted by molar-refractivity contribution is 5.81. The van der Waals surface area contributed by atoms with E-state index in [1.807, 2.05) is 4.90 Å². The first-order valence-corrected chi connectivity index (χ1v) is 5.10. The molecule has 2 heterocycles. The summed E-state index contributed by atoms with van der Waals surface area (Å²) >= 11 is 0. The summed E-state index contributed by atoms with van der Waals surface area (Å²) in [5.74, 6) is 0.202. The Kier molecular flexibility index (Phi) is 2.83. The van der Waals surface area contributed by atoms with Crippen LogP contribution >= 0.6 is 0 Å². The van der Waals surface area contributed by atoms with E-state index < -0.39 is 0 Å². The topological polar surface area (TPSA) is 29.5 Å². The molecule has 2 saturated heterocycles. The summed E-state index contributed by atoms with van der Waals surface area (Å²) < 4.78 is 5.36. The predicted molar refractivity (Wildman–Crippen MR) is 49.1 cm³/mol. The van der Waals surface area contributed by atoms with Crippen molar-refractivity contribution < 1.29 is 9.53 Å². The van der Waals surface area contributed by atoms with Crippen LogP contribution in [0.25, 0.3) is 0 Å². The van der Waals surface area contributed by atoms with Crippen molar-refractivity contribution in [2.75, 3.05) is 19.7 Å². The molecule has 73 valence electrons. The molecule has 1 amide bonds. The number of hydrogen-bond acceptors (Lipinski definition) is 2. The highest BCUT2D eigenvalue weighted by atomic mass is 16.5. The summed E-state index contributed by atoms with van der Waals surface area (Å²) in [5.41, 5.74) is 0. The van der Waals surface area contributed by atoms with E-state index in [4.69, 9.17) is 4.74 Å². The molecule has 0 bridgehead atoms. The van der Waals surface area contributed by atoms with E-state index in [1.165, 1.54) is 0 Å². The first-order valence-electron chi connectivity index (χ1n) is 5.10. The lowest BCUT2D eigenvalue weighted by atomic mass is 10.1. The van der Waals surface area contributed by atoms with Crippen LogP contribution in [0.1, 0.15) is 25.7 Å². The van der Waals surface area contributed by atoms with E-state index in [2.05, 4.69) is 6.42 Å². The summed E-state index contributed by atoms with van der Waals surface area (Å²) in [4.78, 5) is 13.7. The number of piperidine rings is 1. The molecule has 2 rings (SSSR count). The second-order valence-corrected chi connectivity index (χ2v) is 3.72. The van der Waals surface area contributed by atoms with E-state index in [0.717, 1.165) is 45.4 Å². The van der Waals surface area contributed by atoms with Gasteiger partial charge in [-0.05, 0) is 32.1 Å². The van der Waals surface area contributed by atoms with Crippen molar-refractivity contribution in [1.82, 2.24) is 4.90 Å². The molecule has 0 saturated carbocycles. The Balaban J connectivity index is 1.87. The van der Waals surface area contributed by atoms with Gasteiger partial charge < -0.3 is 9.64 Å². The Morgan fingerprint density at radius 2 is 2.38 bits per heavy atom. The van der Waals surface area contributed by atoms with Crippen molar-refractivity contribution in [3.05, 3.63) is 6.42 Å². The Labute approximate surface area is 79.0 Å². The molecule has 1 unspecified atom stereocenters. The van der Waals surface area contributed by atoms with Crippen LogP contribution in [-0.4, -0.2) is 36.6 Å². The van der Waals surface area contributed by atoms with E-state index >= 15 is 0 Å². The number of rotatable bonds is 1. The fourth-order valence-corrected chi connectivity index (χ4v) is 1.94. The third-order valence-corrected chi connectivity index (χ3v) is 2.70. The fraction of sp³-hybridized carbons (Fsp3) is 0.800. The molecule has 1 radical (unpaired) electrons. The molecule has 0 aliphatic carbocycles. The predicted octanol–water partition coefficient (Wildman–Crippen LogP) is 0.992. The molecule has 0 aromatic carbocycles. The highest BCUT2D eigenvalue weighted by Gasteiger charge is 2.28. The minimum Gasteiger partial charge on any atom is -0.368 e. The van der Waals surface area contributed by atoms with E-state index in [-0.39, 0.29) is 12.0 Å². The molecule has 2 aliphatic rings. The Morgan fingerprint density at radius 3 is 3.00 bits per heavy atom. The third kappa shape index (κ3) is 2.02. The average Bonchev–Trinajstić information content (AvgIpc) is 2.71. The van der Waals surface area contributed by atoms with Crippen LogP contribution in [-0.2, 0) is 9.53 Å². The van der Waals surface area contributed by atoms with Gasteiger partial charge in [-0.3, -0.25) is 4.79 Å². The second-order valence-electron chi connectivity index (χ2n) is 3.72. The van der Waals surface area contributed by atoms with Crippen molar-refractivity contribution in [3.63, 3.8) is 0 Å². The smallest absolute Gasteiger partial charge is 0.251 e. The summed E-state index contributed by atoms with van der Waals surface area (Å²) in [7, 11) is 0. The van der Waals surface area contributed by atoms with E-state index in [0.29, 0.717) is 0 Å². The van der Waals surface area contributed by atoms with E-state index in [9.17, 15) is 4.79 Å². The average molecular weight is 182 g/mol. The van der Waals surface area contributed by atoms with Crippen molar-refractivity contribution in [2.45, 2.75) is 31.8 Å². The van der Waals surface area contributed by atoms with Gasteiger partial charge >= 0.3 is 0 Å². The maximum atomic E-state index is 11.8. The summed E-state index contributed by atoms with van der Waals surface area (Å²) in [6.07, 6.45) is 6.25. The first-order chi connectivity index (χ1) is 6.38. The van der Waals surface area contributed by atoms with Crippen LogP contribution in [0, 0.1) is 6.42 Å². The van der Waals surface area contributed by atoms with Crippen molar-refractivity contribution in [2.24, 2.45) is 0 Å². The third-order valence-electron chi connectivity index (χ3n) is 2.70. The van der Waals surface area contributed by atoms with Crippen molar-refractivity contribution in [3.8, 4) is 0 Å². The van der Waals surface area contributed by atoms with Gasteiger partial charge in [0.25, 0.3) is 5.91 Å². The summed E-state index contributed by atoms with van der Waals surface area (Å²) in [5, 5.41) is 0. The van der Waals surface area contributed by atoms with Crippen LogP contribution in [0.15, 0.2) is 0 Å². The number of nitrogens with zero attached hydrogens (tertiary/aromatic N) is 1. The molecule has 3 nitrogen and oxygen atoms in total. The number of likely N-dealkylation sites (tertiary alicyclic amines) is 1. The molecule has 0 aromatic rings. The van der Waals surface area contributed by atoms with Gasteiger partial charge in [0.05, 0.1) is 0 Å². The molecule has 2 aliphatic heterocycles. The van der Waals surface area contributed by atoms with Gasteiger partial charge in [-0.15, -0.1) is 0 Å². The van der Waals surface area contributed by atoms with Gasteiger partial charge in [-0.2, -0.15) is 0 Å². The Hall–Kier alpha value is -0.570. The number of hydrogen-bond donors (Lipinski definition) is 0. The zero-order valence-corrected chi connectivity index (χ0v) is 7.87. The molecular formula is C10H16NO2. The van der Waals surface area contributed by atoms with E-state index in [1.54, 1.807) is 0 Å². The second kappa shape index (κ2) is 4.09. The molecule has 0 N–H and O–H groups in total. The van der Waals surface area contributed by atoms with Gasteiger partial charge in [0.2, 0.25) is 0 Å². The minimum atomic E-state index is -0.133. The van der Waals surface area contributed by atoms with Gasteiger partial charge in [-0.1, -0.05) is 0 Å². The van der Waals surface area contributed by atoms with Gasteiger partial charge in [0, 0.05) is 19.7 Å². The maximum absolute atomic E-state index is 11.8. The maximum Gasteiger partial charge on any atom is 0.251 e. The lowest BCUT2D eigenvalue weighted by Gasteiger charge is -2.28. The van der Waals surface area contributed by atoms with Crippen LogP contribution in [0.5, 0.6) is 0 Å². The fourth-order valence-electron chi connectivity index (χ4n) is 1.94. The molecule has 1 atom stereocenters. The van der Waals surface area contributed by atoms with Crippen LogP contribution in [0.2, 0.25) is 0 Å². The molecule has 0 spiro atoms. The van der Waals surface area contributed by atoms with Gasteiger partial charge in [0.15, 0.2) is 0 Å². The SMILES string of the molecule is O=C(C1CCCO1)N1C[CH]CCC1. The van der Waals surface area contributed by atoms with Crippen molar-refractivity contribution in [1.29, 1.82) is 0 Å². The highest BCUT2D eigenvalue weighted by Crippen LogP contribution is 2.17. The number of carbonyl (C=O) groups is 1. The first kappa shape index (κ1) is 9.00. The van der Waals surface area contributed by atoms with Crippen LogP contribution < -0.4 is 0 Å². The molecule has 3 heteroatoms. The Morgan fingerprint density at radius 1 is 1.46 bits per heavy atom. The zero-order valence-electron chi connectivity index (χ0n) is 7.87. The number of ether oxygens (including phenoxy) is 1. The lowest BCUT2D eigenvalue weighted by molar-refractivity contribution is -0.141. The number of carbonyl (C=O) groups excluding carboxylic acids is 1. The molecule has 13 heavy (non-hydrogen) atoms. The number of amides is 1. The summed E-state index contributed by atoms with van der Waals surface area (Å²) in [6, 6.07) is 0. The molecule has 2 fully saturated rings. The largest absolute Gasteiger partial charge is 0.368 e. The Bertz CT molecular complexity index is 181. The standard InChI is InChI=1S/C10H16NO2/c12-10(9-5-4-8-13-9)11-6-2-1-3-7-11/h2,9H,1,3-8H2. The normalized spacial score (nSPS) is 29.2. The zero-order chi connectivity index (χ0) is 9.10. The quantitative estimate of drug-likeness (QED) is 0.605.